The molecule has 4 nitrogen and oxygen atoms in total. The molecule has 0 aliphatic carbocycles. The van der Waals surface area contributed by atoms with Crippen molar-refractivity contribution >= 4 is 31.6 Å². The molecule has 2 aromatic rings. The van der Waals surface area contributed by atoms with Gasteiger partial charge in [0.15, 0.2) is 0 Å². The summed E-state index contributed by atoms with van der Waals surface area (Å²) in [5.74, 6) is -0.642. The number of rotatable bonds is 5. The number of hydrogen-bond acceptors (Lipinski definition) is 3. The summed E-state index contributed by atoms with van der Waals surface area (Å²) < 4.78 is 40.3. The summed E-state index contributed by atoms with van der Waals surface area (Å²) in [5.41, 5.74) is 1.27. The summed E-state index contributed by atoms with van der Waals surface area (Å²) in [6, 6.07) is 10.2. The molecule has 0 fully saturated rings. The van der Waals surface area contributed by atoms with E-state index >= 15 is 0 Å². The minimum absolute atomic E-state index is 0.0310. The Morgan fingerprint density at radius 3 is 2.38 bits per heavy atom. The van der Waals surface area contributed by atoms with Crippen molar-refractivity contribution < 1.29 is 17.9 Å². The number of aliphatic hydroxyl groups is 1. The highest BCUT2D eigenvalue weighted by Gasteiger charge is 2.16. The summed E-state index contributed by atoms with van der Waals surface area (Å²) in [7, 11) is -3.84. The highest BCUT2D eigenvalue weighted by Crippen LogP contribution is 2.21. The van der Waals surface area contributed by atoms with Crippen molar-refractivity contribution in [1.29, 1.82) is 0 Å². The van der Waals surface area contributed by atoms with Gasteiger partial charge in [0, 0.05) is 12.3 Å². The van der Waals surface area contributed by atoms with Crippen molar-refractivity contribution in [2.45, 2.75) is 11.3 Å². The first-order chi connectivity index (χ1) is 9.92. The van der Waals surface area contributed by atoms with Crippen LogP contribution in [-0.2, 0) is 16.4 Å². The first-order valence-electron chi connectivity index (χ1n) is 6.10. The molecule has 0 aliphatic heterocycles. The van der Waals surface area contributed by atoms with Gasteiger partial charge in [0.25, 0.3) is 10.0 Å². The Bertz CT molecular complexity index is 732. The lowest BCUT2D eigenvalue weighted by atomic mass is 10.1. The van der Waals surface area contributed by atoms with E-state index in [0.717, 1.165) is 11.6 Å². The van der Waals surface area contributed by atoms with E-state index in [9.17, 15) is 12.8 Å². The lowest BCUT2D eigenvalue weighted by Crippen LogP contribution is -2.13. The zero-order valence-electron chi connectivity index (χ0n) is 10.9. The molecule has 2 N–H and O–H groups in total. The summed E-state index contributed by atoms with van der Waals surface area (Å²) in [5, 5.41) is 8.82. The van der Waals surface area contributed by atoms with Gasteiger partial charge in [-0.25, -0.2) is 12.8 Å². The van der Waals surface area contributed by atoms with Crippen molar-refractivity contribution in [3.8, 4) is 0 Å². The Labute approximate surface area is 130 Å². The molecule has 0 saturated carbocycles. The van der Waals surface area contributed by atoms with E-state index in [1.807, 2.05) is 0 Å². The van der Waals surface area contributed by atoms with Gasteiger partial charge in [-0.3, -0.25) is 4.72 Å². The van der Waals surface area contributed by atoms with Gasteiger partial charge in [0.2, 0.25) is 0 Å². The van der Waals surface area contributed by atoms with Crippen LogP contribution >= 0.6 is 15.9 Å². The minimum atomic E-state index is -3.84. The van der Waals surface area contributed by atoms with Gasteiger partial charge in [-0.05, 0) is 58.2 Å². The van der Waals surface area contributed by atoms with E-state index in [0.29, 0.717) is 12.1 Å². The third-order valence-corrected chi connectivity index (χ3v) is 4.83. The smallest absolute Gasteiger partial charge is 0.261 e. The second kappa shape index (κ2) is 6.55. The predicted molar refractivity (Wildman–Crippen MR) is 82.1 cm³/mol. The van der Waals surface area contributed by atoms with Crippen LogP contribution in [0.4, 0.5) is 10.1 Å². The van der Waals surface area contributed by atoms with Gasteiger partial charge in [0.1, 0.15) is 5.82 Å². The number of hydrogen-bond donors (Lipinski definition) is 2. The fraction of sp³-hybridized carbons (Fsp3) is 0.143. The van der Waals surface area contributed by atoms with Gasteiger partial charge in [-0.1, -0.05) is 12.1 Å². The van der Waals surface area contributed by atoms with Crippen LogP contribution in [-0.4, -0.2) is 20.1 Å². The highest BCUT2D eigenvalue weighted by atomic mass is 79.9. The van der Waals surface area contributed by atoms with Gasteiger partial charge in [0.05, 0.1) is 9.37 Å². The molecule has 2 rings (SSSR count). The molecule has 0 amide bonds. The molecule has 0 aliphatic rings. The molecule has 0 heterocycles. The Morgan fingerprint density at radius 2 is 1.81 bits per heavy atom. The van der Waals surface area contributed by atoms with Crippen LogP contribution in [0, 0.1) is 5.82 Å². The first-order valence-corrected chi connectivity index (χ1v) is 8.37. The lowest BCUT2D eigenvalue weighted by molar-refractivity contribution is 0.299. The molecule has 21 heavy (non-hydrogen) atoms. The summed E-state index contributed by atoms with van der Waals surface area (Å²) in [6.45, 7) is 0.0310. The third kappa shape index (κ3) is 4.03. The molecule has 0 aromatic heterocycles. The average molecular weight is 374 g/mol. The summed E-state index contributed by atoms with van der Waals surface area (Å²) >= 11 is 2.97. The van der Waals surface area contributed by atoms with Crippen LogP contribution in [0.2, 0.25) is 0 Å². The van der Waals surface area contributed by atoms with E-state index in [2.05, 4.69) is 20.7 Å². The molecule has 0 spiro atoms. The van der Waals surface area contributed by atoms with Gasteiger partial charge in [-0.15, -0.1) is 0 Å². The van der Waals surface area contributed by atoms with E-state index in [4.69, 9.17) is 5.11 Å². The predicted octanol–water partition coefficient (Wildman–Crippen LogP) is 2.92. The normalized spacial score (nSPS) is 11.4. The molecule has 112 valence electrons. The maximum absolute atomic E-state index is 13.4. The van der Waals surface area contributed by atoms with Gasteiger partial charge in [-0.2, -0.15) is 0 Å². The second-order valence-corrected chi connectivity index (χ2v) is 6.89. The van der Waals surface area contributed by atoms with Gasteiger partial charge < -0.3 is 5.11 Å². The molecule has 0 unspecified atom stereocenters. The standard InChI is InChI=1S/C14H13BrFNO3S/c15-13-6-5-12(9-14(13)16)21(19,20)17-11-3-1-10(2-4-11)7-8-18/h1-6,9,17-18H,7-8H2. The first kappa shape index (κ1) is 15.9. The van der Waals surface area contributed by atoms with Crippen molar-refractivity contribution in [2.24, 2.45) is 0 Å². The van der Waals surface area contributed by atoms with Crippen LogP contribution in [0.25, 0.3) is 0 Å². The van der Waals surface area contributed by atoms with Crippen LogP contribution < -0.4 is 4.72 Å². The van der Waals surface area contributed by atoms with E-state index < -0.39 is 15.8 Å². The van der Waals surface area contributed by atoms with E-state index in [1.165, 1.54) is 12.1 Å². The van der Waals surface area contributed by atoms with E-state index in [-0.39, 0.29) is 16.0 Å². The fourth-order valence-electron chi connectivity index (χ4n) is 1.73. The number of benzene rings is 2. The molecule has 2 aromatic carbocycles. The Morgan fingerprint density at radius 1 is 1.14 bits per heavy atom. The van der Waals surface area contributed by atoms with Crippen LogP contribution in [0.5, 0.6) is 0 Å². The fourth-order valence-corrected chi connectivity index (χ4v) is 3.04. The molecule has 7 heteroatoms. The zero-order chi connectivity index (χ0) is 15.5. The Balaban J connectivity index is 2.22. The quantitative estimate of drug-likeness (QED) is 0.846. The lowest BCUT2D eigenvalue weighted by Gasteiger charge is -2.09. The number of nitrogens with one attached hydrogen (secondary N) is 1. The topological polar surface area (TPSA) is 66.4 Å². The third-order valence-electron chi connectivity index (χ3n) is 2.81. The summed E-state index contributed by atoms with van der Waals surface area (Å²) in [6.07, 6.45) is 0.505. The van der Waals surface area contributed by atoms with Crippen molar-refractivity contribution in [2.75, 3.05) is 11.3 Å². The van der Waals surface area contributed by atoms with Gasteiger partial charge >= 0.3 is 0 Å². The molecule has 0 bridgehead atoms. The largest absolute Gasteiger partial charge is 0.396 e. The maximum Gasteiger partial charge on any atom is 0.261 e. The van der Waals surface area contributed by atoms with Crippen molar-refractivity contribution in [1.82, 2.24) is 0 Å². The molecular weight excluding hydrogens is 361 g/mol. The Kier molecular flexibility index (Phi) is 4.97. The van der Waals surface area contributed by atoms with Crippen LogP contribution in [0.3, 0.4) is 0 Å². The number of aliphatic hydroxyl groups excluding tert-OH is 1. The average Bonchev–Trinajstić information content (AvgIpc) is 2.44. The second-order valence-electron chi connectivity index (χ2n) is 4.35. The molecule has 0 radical (unpaired) electrons. The number of halogens is 2. The van der Waals surface area contributed by atoms with Crippen molar-refractivity contribution in [3.05, 3.63) is 58.3 Å². The highest BCUT2D eigenvalue weighted by molar-refractivity contribution is 9.10. The minimum Gasteiger partial charge on any atom is -0.396 e. The SMILES string of the molecule is O=S(=O)(Nc1ccc(CCO)cc1)c1ccc(Br)c(F)c1. The Hall–Kier alpha value is -1.44. The maximum atomic E-state index is 13.4. The molecule has 0 atom stereocenters. The monoisotopic (exact) mass is 373 g/mol. The van der Waals surface area contributed by atoms with Crippen molar-refractivity contribution in [3.63, 3.8) is 0 Å². The van der Waals surface area contributed by atoms with E-state index in [1.54, 1.807) is 24.3 Å². The molecular formula is C14H13BrFNO3S. The number of anilines is 1. The summed E-state index contributed by atoms with van der Waals surface area (Å²) in [4.78, 5) is -0.150. The zero-order valence-corrected chi connectivity index (χ0v) is 13.3. The number of sulfonamides is 1. The van der Waals surface area contributed by atoms with Crippen LogP contribution in [0.15, 0.2) is 51.8 Å². The van der Waals surface area contributed by atoms with Crippen LogP contribution in [0.1, 0.15) is 5.56 Å². The molecule has 0 saturated heterocycles.